The number of aromatic nitrogens is 5. The lowest BCUT2D eigenvalue weighted by Crippen LogP contribution is -2.47. The summed E-state index contributed by atoms with van der Waals surface area (Å²) in [6.45, 7) is 13.1. The number of nitrogens with one attached hydrogen (secondary N) is 2. The van der Waals surface area contributed by atoms with Gasteiger partial charge in [-0.3, -0.25) is 23.9 Å². The summed E-state index contributed by atoms with van der Waals surface area (Å²) in [7, 11) is 0. The van der Waals surface area contributed by atoms with Crippen molar-refractivity contribution >= 4 is 56.2 Å². The van der Waals surface area contributed by atoms with E-state index in [0.29, 0.717) is 58.7 Å². The number of carbonyl (C=O) groups is 4. The number of fused-ring (bicyclic) bond motifs is 2. The van der Waals surface area contributed by atoms with Gasteiger partial charge in [-0.15, -0.1) is 6.58 Å². The summed E-state index contributed by atoms with van der Waals surface area (Å²) < 4.78 is 7.67. The lowest BCUT2D eigenvalue weighted by molar-refractivity contribution is -0.138. The molecule has 2 N–H and O–H groups in total. The molecule has 4 heterocycles. The quantitative estimate of drug-likeness (QED) is 0.0875. The maximum Gasteiger partial charge on any atom is 0.248 e. The Kier molecular flexibility index (Phi) is 9.93. The third-order valence-electron chi connectivity index (χ3n) is 9.45. The van der Waals surface area contributed by atoms with Gasteiger partial charge < -0.3 is 20.3 Å². The molecule has 3 amide bonds. The number of ether oxygens (including phenoxy) is 1. The number of carbonyl (C=O) groups excluding carboxylic acids is 4. The van der Waals surface area contributed by atoms with E-state index < -0.39 is 22.8 Å². The van der Waals surface area contributed by atoms with Gasteiger partial charge in [0.2, 0.25) is 17.7 Å². The van der Waals surface area contributed by atoms with Crippen molar-refractivity contribution in [2.24, 2.45) is 10.8 Å². The second-order valence-electron chi connectivity index (χ2n) is 14.3. The minimum absolute atomic E-state index is 0.104. The number of hydrogen-bond donors (Lipinski definition) is 2. The van der Waals surface area contributed by atoms with Crippen molar-refractivity contribution in [1.82, 2.24) is 34.9 Å². The topological polar surface area (TPSA) is 161 Å². The fourth-order valence-electron chi connectivity index (χ4n) is 6.62. The highest BCUT2D eigenvalue weighted by Crippen LogP contribution is 2.59. The lowest BCUT2D eigenvalue weighted by atomic mass is 9.94. The summed E-state index contributed by atoms with van der Waals surface area (Å²) in [5.74, 6) is -0.104. The number of aryl methyl sites for hydroxylation is 1. The smallest absolute Gasteiger partial charge is 0.248 e. The van der Waals surface area contributed by atoms with Crippen LogP contribution in [0.4, 0.5) is 5.82 Å². The van der Waals surface area contributed by atoms with Crippen LogP contribution in [0.2, 0.25) is 0 Å². The Hall–Kier alpha value is -4.82. The molecule has 1 aromatic carbocycles. The van der Waals surface area contributed by atoms with E-state index in [0.717, 1.165) is 11.1 Å². The van der Waals surface area contributed by atoms with Crippen LogP contribution in [0.5, 0.6) is 0 Å². The van der Waals surface area contributed by atoms with E-state index in [4.69, 9.17) is 4.74 Å². The van der Waals surface area contributed by atoms with Crippen molar-refractivity contribution in [3.05, 3.63) is 77.1 Å². The third-order valence-corrected chi connectivity index (χ3v) is 9.90. The highest BCUT2D eigenvalue weighted by atomic mass is 79.9. The molecule has 0 bridgehead atoms. The highest BCUT2D eigenvalue weighted by molar-refractivity contribution is 9.10. The SMILES string of the molecule is C=CCOCc1ccc(Br)nc1NC(=O)[C@@H]1C[C@@]2(CNC(=O)C(C)(C)C)C[C@H]2N1C(=O)Cn1nc(C(C)=O)c2cc(-c3cnc(C)nc3)ccc21. The molecule has 4 aromatic rings. The number of benzene rings is 1. The number of hydrogen-bond acceptors (Lipinski definition) is 9. The van der Waals surface area contributed by atoms with Gasteiger partial charge in [0.15, 0.2) is 5.78 Å². The number of piperidine rings is 1. The monoisotopic (exact) mass is 756 g/mol. The number of amides is 3. The van der Waals surface area contributed by atoms with Crippen molar-refractivity contribution in [1.29, 1.82) is 0 Å². The first kappa shape index (κ1) is 36.0. The third kappa shape index (κ3) is 7.47. The molecule has 6 rings (SSSR count). The molecule has 1 aliphatic heterocycles. The molecule has 2 fully saturated rings. The van der Waals surface area contributed by atoms with Crippen LogP contribution in [-0.4, -0.2) is 78.4 Å². The molecular weight excluding hydrogens is 716 g/mol. The average molecular weight is 758 g/mol. The predicted octanol–water partition coefficient (Wildman–Crippen LogP) is 5.03. The van der Waals surface area contributed by atoms with Gasteiger partial charge in [0.1, 0.15) is 34.5 Å². The number of anilines is 1. The fraction of sp³-hybridized carbons (Fsp3) is 0.405. The summed E-state index contributed by atoms with van der Waals surface area (Å²) in [5.41, 5.74) is 2.05. The van der Waals surface area contributed by atoms with Crippen LogP contribution in [-0.2, 0) is 32.3 Å². The zero-order valence-electron chi connectivity index (χ0n) is 29.3. The molecule has 1 aliphatic carbocycles. The van der Waals surface area contributed by atoms with Gasteiger partial charge in [-0.1, -0.05) is 39.0 Å². The van der Waals surface area contributed by atoms with Gasteiger partial charge in [-0.25, -0.2) is 15.0 Å². The van der Waals surface area contributed by atoms with E-state index in [2.05, 4.69) is 53.2 Å². The predicted molar refractivity (Wildman–Crippen MR) is 194 cm³/mol. The van der Waals surface area contributed by atoms with E-state index in [9.17, 15) is 19.2 Å². The molecule has 0 unspecified atom stereocenters. The first-order valence-corrected chi connectivity index (χ1v) is 17.5. The van der Waals surface area contributed by atoms with E-state index in [1.165, 1.54) is 11.6 Å². The second-order valence-corrected chi connectivity index (χ2v) is 15.1. The van der Waals surface area contributed by atoms with Crippen LogP contribution in [0, 0.1) is 17.8 Å². The fourth-order valence-corrected chi connectivity index (χ4v) is 6.93. The molecule has 1 saturated heterocycles. The Morgan fingerprint density at radius 3 is 2.53 bits per heavy atom. The van der Waals surface area contributed by atoms with Gasteiger partial charge in [0.25, 0.3) is 0 Å². The number of nitrogens with zero attached hydrogens (tertiary/aromatic N) is 6. The summed E-state index contributed by atoms with van der Waals surface area (Å²) in [5, 5.41) is 11.2. The molecule has 0 radical (unpaired) electrons. The Labute approximate surface area is 304 Å². The Balaban J connectivity index is 1.30. The first-order chi connectivity index (χ1) is 24.2. The van der Waals surface area contributed by atoms with Crippen molar-refractivity contribution in [3.8, 4) is 11.1 Å². The van der Waals surface area contributed by atoms with Crippen LogP contribution in [0.3, 0.4) is 0 Å². The summed E-state index contributed by atoms with van der Waals surface area (Å²) in [6.07, 6.45) is 6.07. The second kappa shape index (κ2) is 14.1. The summed E-state index contributed by atoms with van der Waals surface area (Å²) in [4.78, 5) is 68.7. The van der Waals surface area contributed by atoms with Crippen molar-refractivity contribution in [2.75, 3.05) is 18.5 Å². The summed E-state index contributed by atoms with van der Waals surface area (Å²) >= 11 is 3.39. The van der Waals surface area contributed by atoms with Crippen molar-refractivity contribution in [2.45, 2.75) is 72.7 Å². The average Bonchev–Trinajstić information content (AvgIpc) is 3.50. The number of halogens is 1. The molecule has 13 nitrogen and oxygen atoms in total. The van der Waals surface area contributed by atoms with E-state index in [1.807, 2.05) is 39.0 Å². The minimum atomic E-state index is -0.840. The number of rotatable bonds is 12. The minimum Gasteiger partial charge on any atom is -0.373 e. The Morgan fingerprint density at radius 2 is 1.84 bits per heavy atom. The zero-order chi connectivity index (χ0) is 36.7. The van der Waals surface area contributed by atoms with E-state index >= 15 is 0 Å². The van der Waals surface area contributed by atoms with Crippen LogP contribution in [0.1, 0.15) is 62.4 Å². The highest BCUT2D eigenvalue weighted by Gasteiger charge is 2.67. The lowest BCUT2D eigenvalue weighted by Gasteiger charge is -2.27. The largest absolute Gasteiger partial charge is 0.373 e. The Morgan fingerprint density at radius 1 is 1.10 bits per heavy atom. The van der Waals surface area contributed by atoms with Crippen LogP contribution in [0.15, 0.2) is 60.0 Å². The molecule has 0 spiro atoms. The van der Waals surface area contributed by atoms with Gasteiger partial charge in [0, 0.05) is 59.2 Å². The maximum atomic E-state index is 14.3. The molecule has 14 heteroatoms. The van der Waals surface area contributed by atoms with Crippen molar-refractivity contribution < 1.29 is 23.9 Å². The standard InChI is InChI=1S/C37H41BrN8O5/c1-7-12-51-19-24-9-11-30(38)42-33(24)43-34(49)28-14-37(20-41-35(50)36(4,5)6)15-29(37)46(28)31(48)18-45-27-10-8-23(25-16-39-22(3)40-17-25)13-26(27)32(44-45)21(2)47/h7-11,13,16-17,28-29H,1,12,14-15,18-20H2,2-6H3,(H,41,50)(H,42,43,49)/t28-,29+,37-/m0/s1. The molecule has 3 aromatic heterocycles. The van der Waals surface area contributed by atoms with Gasteiger partial charge >= 0.3 is 0 Å². The van der Waals surface area contributed by atoms with E-state index in [1.54, 1.807) is 42.4 Å². The number of likely N-dealkylation sites (tertiary alicyclic amines) is 1. The Bertz CT molecular complexity index is 2040. The number of ketones is 1. The van der Waals surface area contributed by atoms with Gasteiger partial charge in [-0.2, -0.15) is 5.10 Å². The zero-order valence-corrected chi connectivity index (χ0v) is 30.9. The van der Waals surface area contributed by atoms with E-state index in [-0.39, 0.29) is 42.5 Å². The molecule has 2 aliphatic rings. The van der Waals surface area contributed by atoms with Gasteiger partial charge in [-0.05, 0) is 59.5 Å². The first-order valence-electron chi connectivity index (χ1n) is 16.8. The van der Waals surface area contributed by atoms with Gasteiger partial charge in [0.05, 0.1) is 18.7 Å². The van der Waals surface area contributed by atoms with Crippen LogP contribution < -0.4 is 10.6 Å². The summed E-state index contributed by atoms with van der Waals surface area (Å²) in [6, 6.07) is 8.01. The normalized spacial score (nSPS) is 19.5. The molecule has 51 heavy (non-hydrogen) atoms. The van der Waals surface area contributed by atoms with Crippen molar-refractivity contribution in [3.63, 3.8) is 0 Å². The number of pyridine rings is 1. The maximum absolute atomic E-state index is 14.3. The molecular formula is C37H41BrN8O5. The molecule has 1 saturated carbocycles. The number of Topliss-reactive ketones (excluding diaryl/α,β-unsaturated/α-hetero) is 1. The molecule has 266 valence electrons. The van der Waals surface area contributed by atoms with Crippen LogP contribution >= 0.6 is 15.9 Å². The van der Waals surface area contributed by atoms with Crippen LogP contribution in [0.25, 0.3) is 22.0 Å². The molecule has 3 atom stereocenters.